The molecule has 0 saturated carbocycles. The van der Waals surface area contributed by atoms with Gasteiger partial charge in [0.2, 0.25) is 0 Å². The number of hydrogen-bond acceptors (Lipinski definition) is 6. The molecule has 2 heterocycles. The molecule has 5 rings (SSSR count). The van der Waals surface area contributed by atoms with Crippen molar-refractivity contribution in [1.82, 2.24) is 4.90 Å². The maximum absolute atomic E-state index is 12.9. The van der Waals surface area contributed by atoms with E-state index in [0.717, 1.165) is 42.3 Å². The summed E-state index contributed by atoms with van der Waals surface area (Å²) in [6, 6.07) is 9.85. The van der Waals surface area contributed by atoms with Gasteiger partial charge in [-0.05, 0) is 68.4 Å². The second-order valence-corrected chi connectivity index (χ2v) is 9.70. The number of methoxy groups -OCH3 is 1. The second-order valence-electron chi connectivity index (χ2n) is 9.70. The largest absolute Gasteiger partial charge is 0.493 e. The number of benzene rings is 2. The Hall–Kier alpha value is -2.99. The summed E-state index contributed by atoms with van der Waals surface area (Å²) >= 11 is 0. The van der Waals surface area contributed by atoms with Crippen LogP contribution in [0.25, 0.3) is 0 Å². The Bertz CT molecular complexity index is 1130. The predicted octanol–water partition coefficient (Wildman–Crippen LogP) is 4.09. The molecular formula is C27H32N2O4. The molecule has 3 aliphatic rings. The molecule has 0 radical (unpaired) electrons. The fourth-order valence-corrected chi connectivity index (χ4v) is 5.64. The standard InChI is InChI=1S/C27H32N2O4/c1-17-14-18(6-8-21(17)28(2)3)26(30)32-20-10-11-27-12-13-29(4)16-19-7-9-22(31-5)25(24(19)27)33-23(27)15-20/h6-11,14,20,23H,12-13,15-16H2,1-5H3/t20?,23-,27-/m0/s1. The van der Waals surface area contributed by atoms with E-state index in [0.29, 0.717) is 12.0 Å². The van der Waals surface area contributed by atoms with Crippen LogP contribution in [-0.4, -0.2) is 57.9 Å². The van der Waals surface area contributed by atoms with Crippen LogP contribution in [0.1, 0.15) is 39.9 Å². The molecule has 2 aromatic carbocycles. The quantitative estimate of drug-likeness (QED) is 0.519. The zero-order valence-corrected chi connectivity index (χ0v) is 20.1. The number of anilines is 1. The Balaban J connectivity index is 1.42. The van der Waals surface area contributed by atoms with Gasteiger partial charge in [0.25, 0.3) is 0 Å². The number of carbonyl (C=O) groups is 1. The van der Waals surface area contributed by atoms with E-state index < -0.39 is 0 Å². The number of ether oxygens (including phenoxy) is 3. The third-order valence-corrected chi connectivity index (χ3v) is 7.30. The van der Waals surface area contributed by atoms with Crippen molar-refractivity contribution in [3.05, 3.63) is 64.7 Å². The fraction of sp³-hybridized carbons (Fsp3) is 0.444. The lowest BCUT2D eigenvalue weighted by atomic mass is 9.69. The van der Waals surface area contributed by atoms with Gasteiger partial charge in [-0.3, -0.25) is 0 Å². The van der Waals surface area contributed by atoms with Crippen LogP contribution in [0.2, 0.25) is 0 Å². The number of hydrogen-bond donors (Lipinski definition) is 0. The first-order chi connectivity index (χ1) is 15.8. The topological polar surface area (TPSA) is 51.2 Å². The lowest BCUT2D eigenvalue weighted by Crippen LogP contribution is -2.43. The average molecular weight is 449 g/mol. The molecule has 174 valence electrons. The molecule has 0 fully saturated rings. The van der Waals surface area contributed by atoms with Crippen LogP contribution < -0.4 is 14.4 Å². The summed E-state index contributed by atoms with van der Waals surface area (Å²) in [5.74, 6) is 1.32. The molecule has 2 aromatic rings. The van der Waals surface area contributed by atoms with Crippen molar-refractivity contribution < 1.29 is 19.0 Å². The first-order valence-electron chi connectivity index (χ1n) is 11.6. The molecule has 33 heavy (non-hydrogen) atoms. The van der Waals surface area contributed by atoms with E-state index in [1.165, 1.54) is 11.1 Å². The maximum Gasteiger partial charge on any atom is 0.338 e. The molecular weight excluding hydrogens is 416 g/mol. The van der Waals surface area contributed by atoms with Crippen LogP contribution in [0.4, 0.5) is 5.69 Å². The van der Waals surface area contributed by atoms with Gasteiger partial charge in [-0.15, -0.1) is 0 Å². The van der Waals surface area contributed by atoms with Crippen molar-refractivity contribution in [3.8, 4) is 11.5 Å². The Morgan fingerprint density at radius 2 is 2.06 bits per heavy atom. The molecule has 0 aromatic heterocycles. The molecule has 6 heteroatoms. The monoisotopic (exact) mass is 448 g/mol. The van der Waals surface area contributed by atoms with Gasteiger partial charge in [-0.1, -0.05) is 12.1 Å². The van der Waals surface area contributed by atoms with Crippen LogP contribution in [0.5, 0.6) is 11.5 Å². The number of esters is 1. The van der Waals surface area contributed by atoms with E-state index >= 15 is 0 Å². The third kappa shape index (κ3) is 3.57. The van der Waals surface area contributed by atoms with Crippen molar-refractivity contribution in [3.63, 3.8) is 0 Å². The SMILES string of the molecule is COc1ccc2c3c1O[C@H]1CC(OC(=O)c4ccc(N(C)C)c(C)c4)C=C[C@@]31CCN(C)C2. The highest BCUT2D eigenvalue weighted by Crippen LogP contribution is 2.55. The van der Waals surface area contributed by atoms with Gasteiger partial charge in [0.1, 0.15) is 12.2 Å². The molecule has 6 nitrogen and oxygen atoms in total. The van der Waals surface area contributed by atoms with Gasteiger partial charge in [-0.25, -0.2) is 4.79 Å². The second kappa shape index (κ2) is 8.10. The number of nitrogens with zero attached hydrogens (tertiary/aromatic N) is 2. The summed E-state index contributed by atoms with van der Waals surface area (Å²) in [5.41, 5.74) is 5.02. The van der Waals surface area contributed by atoms with E-state index in [4.69, 9.17) is 14.2 Å². The van der Waals surface area contributed by atoms with E-state index in [9.17, 15) is 4.79 Å². The highest BCUT2D eigenvalue weighted by atomic mass is 16.6. The van der Waals surface area contributed by atoms with Crippen molar-refractivity contribution in [2.24, 2.45) is 0 Å². The van der Waals surface area contributed by atoms with Gasteiger partial charge >= 0.3 is 5.97 Å². The van der Waals surface area contributed by atoms with Crippen molar-refractivity contribution in [2.45, 2.75) is 43.9 Å². The van der Waals surface area contributed by atoms with E-state index in [1.807, 2.05) is 50.2 Å². The average Bonchev–Trinajstić information content (AvgIpc) is 3.04. The zero-order chi connectivity index (χ0) is 23.3. The summed E-state index contributed by atoms with van der Waals surface area (Å²) in [5, 5.41) is 0. The summed E-state index contributed by atoms with van der Waals surface area (Å²) in [6.07, 6.45) is 5.46. The third-order valence-electron chi connectivity index (χ3n) is 7.30. The fourth-order valence-electron chi connectivity index (χ4n) is 5.64. The summed E-state index contributed by atoms with van der Waals surface area (Å²) in [4.78, 5) is 17.3. The highest BCUT2D eigenvalue weighted by molar-refractivity contribution is 5.90. The van der Waals surface area contributed by atoms with Crippen LogP contribution >= 0.6 is 0 Å². The molecule has 1 aliphatic carbocycles. The predicted molar refractivity (Wildman–Crippen MR) is 129 cm³/mol. The Morgan fingerprint density at radius 3 is 2.79 bits per heavy atom. The molecule has 1 spiro atoms. The highest BCUT2D eigenvalue weighted by Gasteiger charge is 2.53. The summed E-state index contributed by atoms with van der Waals surface area (Å²) in [7, 11) is 7.83. The first kappa shape index (κ1) is 21.8. The zero-order valence-electron chi connectivity index (χ0n) is 20.1. The van der Waals surface area contributed by atoms with Crippen molar-refractivity contribution >= 4 is 11.7 Å². The minimum atomic E-state index is -0.327. The molecule has 0 bridgehead atoms. The lowest BCUT2D eigenvalue weighted by Gasteiger charge is -2.36. The minimum absolute atomic E-state index is 0.0882. The van der Waals surface area contributed by atoms with Gasteiger partial charge in [0.05, 0.1) is 18.1 Å². The summed E-state index contributed by atoms with van der Waals surface area (Å²) < 4.78 is 18.1. The molecule has 2 aliphatic heterocycles. The van der Waals surface area contributed by atoms with Gasteiger partial charge < -0.3 is 24.0 Å². The van der Waals surface area contributed by atoms with E-state index in [1.54, 1.807) is 7.11 Å². The number of aryl methyl sites for hydroxylation is 1. The van der Waals surface area contributed by atoms with Crippen molar-refractivity contribution in [2.75, 3.05) is 39.7 Å². The van der Waals surface area contributed by atoms with Crippen LogP contribution in [-0.2, 0) is 16.7 Å². The number of rotatable bonds is 4. The first-order valence-corrected chi connectivity index (χ1v) is 11.6. The van der Waals surface area contributed by atoms with Gasteiger partial charge in [0.15, 0.2) is 11.5 Å². The lowest BCUT2D eigenvalue weighted by molar-refractivity contribution is 0.0218. The molecule has 3 atom stereocenters. The van der Waals surface area contributed by atoms with Crippen LogP contribution in [0.3, 0.4) is 0 Å². The smallest absolute Gasteiger partial charge is 0.338 e. The minimum Gasteiger partial charge on any atom is -0.493 e. The molecule has 0 saturated heterocycles. The Morgan fingerprint density at radius 1 is 1.24 bits per heavy atom. The van der Waals surface area contributed by atoms with Gasteiger partial charge in [0, 0.05) is 38.3 Å². The van der Waals surface area contributed by atoms with Crippen LogP contribution in [0, 0.1) is 6.92 Å². The van der Waals surface area contributed by atoms with Gasteiger partial charge in [-0.2, -0.15) is 0 Å². The molecule has 1 unspecified atom stereocenters. The Kier molecular flexibility index (Phi) is 5.36. The maximum atomic E-state index is 12.9. The Labute approximate surface area is 195 Å². The van der Waals surface area contributed by atoms with Crippen LogP contribution in [0.15, 0.2) is 42.5 Å². The molecule has 0 amide bonds. The normalized spacial score (nSPS) is 25.5. The van der Waals surface area contributed by atoms with E-state index in [-0.39, 0.29) is 23.6 Å². The molecule has 0 N–H and O–H groups in total. The van der Waals surface area contributed by atoms with E-state index in [2.05, 4.69) is 30.2 Å². The number of carbonyl (C=O) groups excluding carboxylic acids is 1. The summed E-state index contributed by atoms with van der Waals surface area (Å²) in [6.45, 7) is 3.87. The van der Waals surface area contributed by atoms with Crippen molar-refractivity contribution in [1.29, 1.82) is 0 Å².